The Morgan fingerprint density at radius 1 is 1.04 bits per heavy atom. The second-order valence-corrected chi connectivity index (χ2v) is 7.42. The largest absolute Gasteiger partial charge is 0.179 e. The third-order valence-electron chi connectivity index (χ3n) is 3.48. The minimum absolute atomic E-state index is 1.02. The van der Waals surface area contributed by atoms with E-state index in [1.165, 1.54) is 31.6 Å². The molecule has 0 saturated carbocycles. The van der Waals surface area contributed by atoms with E-state index >= 15 is 0 Å². The van der Waals surface area contributed by atoms with Crippen LogP contribution in [0.2, 0.25) is 0 Å². The van der Waals surface area contributed by atoms with Crippen LogP contribution in [0, 0.1) is 12.1 Å². The molecule has 2 aliphatic rings. The van der Waals surface area contributed by atoms with Crippen LogP contribution >= 0.6 is 0 Å². The van der Waals surface area contributed by atoms with Gasteiger partial charge in [-0.2, -0.15) is 35.9 Å². The summed E-state index contributed by atoms with van der Waals surface area (Å²) in [6.45, 7) is 6.23. The number of hydrogen-bond acceptors (Lipinski definition) is 0. The maximum Gasteiger partial charge on any atom is -0.0253 e. The fraction of sp³-hybridized carbons (Fsp3) is 0.227. The molecule has 23 heavy (non-hydrogen) atoms. The third kappa shape index (κ3) is 5.57. The molecule has 0 aliphatic heterocycles. The number of hydrogen-bond donors (Lipinski definition) is 0. The molecule has 0 aromatic heterocycles. The Kier molecular flexibility index (Phi) is 6.95. The summed E-state index contributed by atoms with van der Waals surface area (Å²) in [5.74, 6) is 0. The quantitative estimate of drug-likeness (QED) is 0.376. The number of allylic oxidation sites excluding steroid dienone is 4. The van der Waals surface area contributed by atoms with Gasteiger partial charge in [-0.15, -0.1) is 12.0 Å². The molecule has 0 amide bonds. The van der Waals surface area contributed by atoms with E-state index in [0.717, 1.165) is 12.8 Å². The molecule has 0 bridgehead atoms. The monoisotopic (exact) mass is 334 g/mol. The predicted octanol–water partition coefficient (Wildman–Crippen LogP) is 5.50. The molecule has 0 radical (unpaired) electrons. The topological polar surface area (TPSA) is 0 Å². The number of benzene rings is 2. The summed E-state index contributed by atoms with van der Waals surface area (Å²) in [6, 6.07) is 18.1. The summed E-state index contributed by atoms with van der Waals surface area (Å²) in [5, 5.41) is 0. The van der Waals surface area contributed by atoms with E-state index in [9.17, 15) is 0 Å². The molecule has 0 unspecified atom stereocenters. The van der Waals surface area contributed by atoms with Gasteiger partial charge in [-0.25, -0.2) is 11.6 Å². The van der Waals surface area contributed by atoms with Crippen molar-refractivity contribution in [3.8, 4) is 11.1 Å². The van der Waals surface area contributed by atoms with Gasteiger partial charge >= 0.3 is 37.6 Å². The van der Waals surface area contributed by atoms with E-state index in [0.29, 0.717) is 0 Å². The van der Waals surface area contributed by atoms with Gasteiger partial charge in [0.2, 0.25) is 0 Å². The van der Waals surface area contributed by atoms with Crippen LogP contribution < -0.4 is 0 Å². The van der Waals surface area contributed by atoms with E-state index in [2.05, 4.69) is 101 Å². The molecule has 4 rings (SSSR count). The third-order valence-corrected chi connectivity index (χ3v) is 3.48. The average Bonchev–Trinajstić information content (AvgIpc) is 3.13. The Balaban J connectivity index is 0.000000161. The molecule has 2 aromatic carbocycles. The summed E-state index contributed by atoms with van der Waals surface area (Å²) in [4.78, 5) is 0. The molecule has 0 nitrogen and oxygen atoms in total. The standard InChI is InChI=1S/C13H9.C6H7.C3H6.Ti/c1-3-7-12-10(5-1)9-11-6-2-4-8-13(11)12;1-6-4-2-3-5-6;1-3-2;/h1-5,7-8H,9H2;2,4H,3H2,1H3;1-2H3;/q2*-1;;+2. The first kappa shape index (κ1) is 17.9. The van der Waals surface area contributed by atoms with Crippen LogP contribution in [0.1, 0.15) is 38.3 Å². The molecule has 0 fully saturated rings. The SMILES string of the molecule is CC1=[C-]CC=C1.C[C](C)=[Ti+2].[c-]1cccc2c1Cc1ccccc1-2. The van der Waals surface area contributed by atoms with Crippen molar-refractivity contribution in [2.45, 2.75) is 33.6 Å². The maximum absolute atomic E-state index is 3.30. The molecule has 2 aliphatic carbocycles. The van der Waals surface area contributed by atoms with Gasteiger partial charge in [-0.3, -0.25) is 6.08 Å². The second-order valence-electron chi connectivity index (χ2n) is 5.86. The molecular formula is C22H22Ti. The summed E-state index contributed by atoms with van der Waals surface area (Å²) in [6.07, 6.45) is 9.38. The first-order valence-electron chi connectivity index (χ1n) is 7.91. The van der Waals surface area contributed by atoms with E-state index in [4.69, 9.17) is 0 Å². The second kappa shape index (κ2) is 8.96. The van der Waals surface area contributed by atoms with Gasteiger partial charge in [0.05, 0.1) is 0 Å². The van der Waals surface area contributed by atoms with Gasteiger partial charge < -0.3 is 0 Å². The minimum Gasteiger partial charge on any atom is -0.179 e. The Morgan fingerprint density at radius 2 is 1.74 bits per heavy atom. The van der Waals surface area contributed by atoms with Crippen LogP contribution in [-0.2, 0) is 26.4 Å². The normalized spacial score (nSPS) is 13.0. The van der Waals surface area contributed by atoms with Gasteiger partial charge in [-0.1, -0.05) is 42.3 Å². The van der Waals surface area contributed by atoms with Crippen molar-refractivity contribution in [1.82, 2.24) is 0 Å². The zero-order valence-corrected chi connectivity index (χ0v) is 15.7. The van der Waals surface area contributed by atoms with Crippen molar-refractivity contribution in [1.29, 1.82) is 0 Å². The van der Waals surface area contributed by atoms with Gasteiger partial charge in [0.25, 0.3) is 0 Å². The summed E-state index contributed by atoms with van der Waals surface area (Å²) in [5.41, 5.74) is 6.78. The van der Waals surface area contributed by atoms with Crippen molar-refractivity contribution in [3.63, 3.8) is 0 Å². The molecule has 0 heterocycles. The van der Waals surface area contributed by atoms with Crippen LogP contribution in [0.25, 0.3) is 11.1 Å². The molecule has 0 N–H and O–H groups in total. The Labute approximate surface area is 151 Å². The van der Waals surface area contributed by atoms with E-state index in [1.807, 2.05) is 6.07 Å². The molecule has 114 valence electrons. The average molecular weight is 334 g/mol. The van der Waals surface area contributed by atoms with E-state index < -0.39 is 0 Å². The fourth-order valence-corrected chi connectivity index (χ4v) is 2.51. The smallest absolute Gasteiger partial charge is 0.0253 e. The van der Waals surface area contributed by atoms with Crippen LogP contribution in [0.3, 0.4) is 0 Å². The number of rotatable bonds is 0. The van der Waals surface area contributed by atoms with Crippen molar-refractivity contribution < 1.29 is 20.0 Å². The number of fused-ring (bicyclic) bond motifs is 3. The van der Waals surface area contributed by atoms with Gasteiger partial charge in [-0.05, 0) is 6.42 Å². The van der Waals surface area contributed by atoms with Crippen molar-refractivity contribution in [2.24, 2.45) is 0 Å². The fourth-order valence-electron chi connectivity index (χ4n) is 2.51. The summed E-state index contributed by atoms with van der Waals surface area (Å²) >= 11 is 2.08. The molecule has 2 aromatic rings. The van der Waals surface area contributed by atoms with Crippen LogP contribution in [0.4, 0.5) is 0 Å². The van der Waals surface area contributed by atoms with Crippen molar-refractivity contribution in [3.05, 3.63) is 83.5 Å². The van der Waals surface area contributed by atoms with Crippen molar-refractivity contribution in [2.75, 3.05) is 0 Å². The minimum atomic E-state index is 1.02. The molecule has 0 saturated heterocycles. The maximum atomic E-state index is 3.30. The van der Waals surface area contributed by atoms with E-state index in [1.54, 1.807) is 0 Å². The van der Waals surface area contributed by atoms with Crippen LogP contribution in [0.5, 0.6) is 0 Å². The molecule has 1 heteroatoms. The first-order valence-corrected chi connectivity index (χ1v) is 8.69. The van der Waals surface area contributed by atoms with Crippen LogP contribution in [-0.4, -0.2) is 3.81 Å². The predicted molar refractivity (Wildman–Crippen MR) is 96.1 cm³/mol. The molecule has 0 atom stereocenters. The Bertz CT molecular complexity index is 685. The Hall–Kier alpha value is -1.50. The molecule has 0 spiro atoms. The van der Waals surface area contributed by atoms with E-state index in [-0.39, 0.29) is 0 Å². The molecular weight excluding hydrogens is 312 g/mol. The Morgan fingerprint density at radius 3 is 2.35 bits per heavy atom. The zero-order chi connectivity index (χ0) is 16.7. The van der Waals surface area contributed by atoms with Gasteiger partial charge in [0.1, 0.15) is 0 Å². The summed E-state index contributed by atoms with van der Waals surface area (Å²) < 4.78 is 1.42. The van der Waals surface area contributed by atoms with Crippen LogP contribution in [0.15, 0.2) is 60.2 Å². The van der Waals surface area contributed by atoms with Gasteiger partial charge in [0.15, 0.2) is 0 Å². The zero-order valence-electron chi connectivity index (χ0n) is 14.1. The first-order chi connectivity index (χ1) is 11.1. The van der Waals surface area contributed by atoms with Gasteiger partial charge in [0, 0.05) is 0 Å². The summed E-state index contributed by atoms with van der Waals surface area (Å²) in [7, 11) is 0. The van der Waals surface area contributed by atoms with Crippen molar-refractivity contribution >= 4 is 3.81 Å².